The Morgan fingerprint density at radius 3 is 2.81 bits per heavy atom. The van der Waals surface area contributed by atoms with E-state index in [-0.39, 0.29) is 0 Å². The standard InChI is InChI=1S/C17H30N2OS/c1-14-6-7-17(19(3)15(2)8-11-21-5)16(12-14)13-18-9-10-20-4/h6-7,12,15,18H,8-11,13H2,1-5H3. The highest BCUT2D eigenvalue weighted by Crippen LogP contribution is 2.24. The highest BCUT2D eigenvalue weighted by molar-refractivity contribution is 7.98. The van der Waals surface area contributed by atoms with Crippen molar-refractivity contribution in [3.63, 3.8) is 0 Å². The second-order valence-corrected chi connectivity index (χ2v) is 6.53. The molecule has 120 valence electrons. The van der Waals surface area contributed by atoms with Crippen molar-refractivity contribution in [2.75, 3.05) is 44.2 Å². The molecular formula is C17H30N2OS. The van der Waals surface area contributed by atoms with Crippen LogP contribution >= 0.6 is 11.8 Å². The Labute approximate surface area is 134 Å². The quantitative estimate of drug-likeness (QED) is 0.670. The van der Waals surface area contributed by atoms with Crippen LogP contribution in [0.1, 0.15) is 24.5 Å². The number of hydrogen-bond donors (Lipinski definition) is 1. The van der Waals surface area contributed by atoms with E-state index in [0.717, 1.165) is 19.7 Å². The molecule has 0 amide bonds. The van der Waals surface area contributed by atoms with Crippen LogP contribution in [-0.4, -0.2) is 45.4 Å². The fraction of sp³-hybridized carbons (Fsp3) is 0.647. The summed E-state index contributed by atoms with van der Waals surface area (Å²) in [4.78, 5) is 2.41. The lowest BCUT2D eigenvalue weighted by Gasteiger charge is -2.29. The first kappa shape index (κ1) is 18.3. The first-order valence-electron chi connectivity index (χ1n) is 7.61. The third kappa shape index (κ3) is 6.29. The minimum absolute atomic E-state index is 0.554. The lowest BCUT2D eigenvalue weighted by Crippen LogP contribution is -2.31. The van der Waals surface area contributed by atoms with Crippen LogP contribution < -0.4 is 10.2 Å². The van der Waals surface area contributed by atoms with E-state index >= 15 is 0 Å². The molecule has 1 aromatic carbocycles. The molecule has 0 bridgehead atoms. The molecular weight excluding hydrogens is 280 g/mol. The molecule has 1 N–H and O–H groups in total. The van der Waals surface area contributed by atoms with Gasteiger partial charge in [0.15, 0.2) is 0 Å². The Hall–Kier alpha value is -0.710. The van der Waals surface area contributed by atoms with E-state index in [2.05, 4.69) is 55.6 Å². The molecule has 0 heterocycles. The first-order valence-corrected chi connectivity index (χ1v) is 9.00. The summed E-state index contributed by atoms with van der Waals surface area (Å²) < 4.78 is 5.09. The Balaban J connectivity index is 2.74. The monoisotopic (exact) mass is 310 g/mol. The second-order valence-electron chi connectivity index (χ2n) is 5.54. The molecule has 0 saturated carbocycles. The maximum absolute atomic E-state index is 5.09. The average molecular weight is 311 g/mol. The molecule has 3 nitrogen and oxygen atoms in total. The average Bonchev–Trinajstić information content (AvgIpc) is 2.48. The molecule has 0 aliphatic rings. The summed E-state index contributed by atoms with van der Waals surface area (Å²) in [7, 11) is 3.94. The zero-order chi connectivity index (χ0) is 15.7. The number of ether oxygens (including phenoxy) is 1. The summed E-state index contributed by atoms with van der Waals surface area (Å²) in [6, 6.07) is 7.29. The van der Waals surface area contributed by atoms with Crippen molar-refractivity contribution in [1.29, 1.82) is 0 Å². The van der Waals surface area contributed by atoms with Crippen LogP contribution in [0.15, 0.2) is 18.2 Å². The van der Waals surface area contributed by atoms with Crippen molar-refractivity contribution in [3.8, 4) is 0 Å². The Morgan fingerprint density at radius 2 is 2.14 bits per heavy atom. The van der Waals surface area contributed by atoms with Crippen molar-refractivity contribution in [2.24, 2.45) is 0 Å². The van der Waals surface area contributed by atoms with Crippen molar-refractivity contribution >= 4 is 17.4 Å². The van der Waals surface area contributed by atoms with Gasteiger partial charge < -0.3 is 15.0 Å². The Morgan fingerprint density at radius 1 is 1.38 bits per heavy atom. The van der Waals surface area contributed by atoms with Gasteiger partial charge >= 0.3 is 0 Å². The van der Waals surface area contributed by atoms with Gasteiger partial charge in [0.25, 0.3) is 0 Å². The largest absolute Gasteiger partial charge is 0.383 e. The number of rotatable bonds is 10. The maximum Gasteiger partial charge on any atom is 0.0587 e. The highest BCUT2D eigenvalue weighted by atomic mass is 32.2. The van der Waals surface area contributed by atoms with Crippen molar-refractivity contribution in [2.45, 2.75) is 32.9 Å². The molecule has 21 heavy (non-hydrogen) atoms. The Bertz CT molecular complexity index is 412. The predicted octanol–water partition coefficient (Wildman–Crippen LogP) is 3.31. The van der Waals surface area contributed by atoms with Gasteiger partial charge in [-0.05, 0) is 43.9 Å². The molecule has 0 radical (unpaired) electrons. The summed E-state index contributed by atoms with van der Waals surface area (Å²) >= 11 is 1.92. The topological polar surface area (TPSA) is 24.5 Å². The first-order chi connectivity index (χ1) is 10.1. The van der Waals surface area contributed by atoms with Crippen molar-refractivity contribution < 1.29 is 4.74 Å². The minimum Gasteiger partial charge on any atom is -0.383 e. The molecule has 0 aliphatic heterocycles. The smallest absolute Gasteiger partial charge is 0.0587 e. The third-order valence-corrected chi connectivity index (χ3v) is 4.46. The summed E-state index contributed by atoms with van der Waals surface area (Å²) in [6.45, 7) is 6.98. The number of nitrogens with one attached hydrogen (secondary N) is 1. The fourth-order valence-corrected chi connectivity index (χ4v) is 2.89. The predicted molar refractivity (Wildman–Crippen MR) is 95.6 cm³/mol. The van der Waals surface area contributed by atoms with Crippen LogP contribution in [0.4, 0.5) is 5.69 Å². The molecule has 0 saturated heterocycles. The van der Waals surface area contributed by atoms with Gasteiger partial charge in [-0.2, -0.15) is 11.8 Å². The zero-order valence-corrected chi connectivity index (χ0v) is 14.9. The molecule has 4 heteroatoms. The number of aryl methyl sites for hydroxylation is 1. The summed E-state index contributed by atoms with van der Waals surface area (Å²) in [5.74, 6) is 1.21. The van der Waals surface area contributed by atoms with Gasteiger partial charge in [-0.25, -0.2) is 0 Å². The number of thioether (sulfide) groups is 1. The number of hydrogen-bond acceptors (Lipinski definition) is 4. The van der Waals surface area contributed by atoms with Crippen LogP contribution in [0.2, 0.25) is 0 Å². The van der Waals surface area contributed by atoms with Crippen LogP contribution in [0, 0.1) is 6.92 Å². The van der Waals surface area contributed by atoms with E-state index in [4.69, 9.17) is 4.74 Å². The molecule has 1 aromatic rings. The normalized spacial score (nSPS) is 12.4. The van der Waals surface area contributed by atoms with Gasteiger partial charge in [0.2, 0.25) is 0 Å². The summed E-state index contributed by atoms with van der Waals surface area (Å²) in [6.07, 6.45) is 3.38. The molecule has 1 unspecified atom stereocenters. The number of nitrogens with zero attached hydrogens (tertiary/aromatic N) is 1. The molecule has 1 atom stereocenters. The van der Waals surface area contributed by atoms with E-state index in [1.165, 1.54) is 29.0 Å². The molecule has 0 aromatic heterocycles. The molecule has 0 spiro atoms. The van der Waals surface area contributed by atoms with Crippen molar-refractivity contribution in [3.05, 3.63) is 29.3 Å². The van der Waals surface area contributed by atoms with Gasteiger partial charge in [0.1, 0.15) is 0 Å². The zero-order valence-electron chi connectivity index (χ0n) is 14.1. The van der Waals surface area contributed by atoms with Crippen LogP contribution in [0.5, 0.6) is 0 Å². The van der Waals surface area contributed by atoms with Gasteiger partial charge in [-0.15, -0.1) is 0 Å². The molecule has 0 fully saturated rings. The number of methoxy groups -OCH3 is 1. The minimum atomic E-state index is 0.554. The molecule has 0 aliphatic carbocycles. The highest BCUT2D eigenvalue weighted by Gasteiger charge is 2.13. The summed E-state index contributed by atoms with van der Waals surface area (Å²) in [5.41, 5.74) is 4.01. The van der Waals surface area contributed by atoms with Crippen LogP contribution in [0.25, 0.3) is 0 Å². The van der Waals surface area contributed by atoms with Gasteiger partial charge in [-0.3, -0.25) is 0 Å². The summed E-state index contributed by atoms with van der Waals surface area (Å²) in [5, 5.41) is 3.45. The Kier molecular flexibility index (Phi) is 8.81. The van der Waals surface area contributed by atoms with Crippen LogP contribution in [-0.2, 0) is 11.3 Å². The van der Waals surface area contributed by atoms with E-state index in [0.29, 0.717) is 6.04 Å². The SMILES string of the molecule is COCCNCc1cc(C)ccc1N(C)C(C)CCSC. The van der Waals surface area contributed by atoms with E-state index in [9.17, 15) is 0 Å². The van der Waals surface area contributed by atoms with Crippen LogP contribution in [0.3, 0.4) is 0 Å². The third-order valence-electron chi connectivity index (χ3n) is 3.81. The lowest BCUT2D eigenvalue weighted by molar-refractivity contribution is 0.199. The molecule has 1 rings (SSSR count). The van der Waals surface area contributed by atoms with E-state index in [1.807, 2.05) is 11.8 Å². The van der Waals surface area contributed by atoms with E-state index < -0.39 is 0 Å². The van der Waals surface area contributed by atoms with E-state index in [1.54, 1.807) is 7.11 Å². The maximum atomic E-state index is 5.09. The second kappa shape index (κ2) is 10.1. The van der Waals surface area contributed by atoms with Gasteiger partial charge in [0.05, 0.1) is 6.61 Å². The fourth-order valence-electron chi connectivity index (χ4n) is 2.32. The lowest BCUT2D eigenvalue weighted by atomic mass is 10.1. The number of anilines is 1. The number of benzene rings is 1. The van der Waals surface area contributed by atoms with Gasteiger partial charge in [0, 0.05) is 39.0 Å². The van der Waals surface area contributed by atoms with Crippen molar-refractivity contribution in [1.82, 2.24) is 5.32 Å². The van der Waals surface area contributed by atoms with Gasteiger partial charge in [-0.1, -0.05) is 17.7 Å².